The minimum Gasteiger partial charge on any atom is -0.406 e. The van der Waals surface area contributed by atoms with Crippen LogP contribution >= 0.6 is 0 Å². The quantitative estimate of drug-likeness (QED) is 0.493. The van der Waals surface area contributed by atoms with E-state index in [1.807, 2.05) is 0 Å². The molecule has 0 amide bonds. The minimum atomic E-state index is -4.75. The summed E-state index contributed by atoms with van der Waals surface area (Å²) in [5, 5.41) is 10.6. The molecule has 0 fully saturated rings. The van der Waals surface area contributed by atoms with Crippen molar-refractivity contribution in [2.45, 2.75) is 6.36 Å². The average Bonchev–Trinajstić information content (AvgIpc) is 2.78. The molecule has 0 radical (unpaired) electrons. The molecule has 7 nitrogen and oxygen atoms in total. The predicted octanol–water partition coefficient (Wildman–Crippen LogP) is 2.98. The number of benzene rings is 1. The van der Waals surface area contributed by atoms with Crippen molar-refractivity contribution in [3.05, 3.63) is 46.3 Å². The van der Waals surface area contributed by atoms with E-state index in [4.69, 9.17) is 0 Å². The maximum atomic E-state index is 12.0. The molecule has 10 heteroatoms. The van der Waals surface area contributed by atoms with Gasteiger partial charge in [-0.3, -0.25) is 4.99 Å². The van der Waals surface area contributed by atoms with Crippen molar-refractivity contribution < 1.29 is 22.8 Å². The number of hydrogen-bond acceptors (Lipinski definition) is 5. The summed E-state index contributed by atoms with van der Waals surface area (Å²) in [6, 6.07) is 4.88. The summed E-state index contributed by atoms with van der Waals surface area (Å²) < 4.78 is 41.0. The number of hydrogen-bond donors (Lipinski definition) is 0. The zero-order valence-corrected chi connectivity index (χ0v) is 11.1. The van der Waals surface area contributed by atoms with E-state index in [2.05, 4.69) is 14.7 Å². The maximum absolute atomic E-state index is 12.0. The third kappa shape index (κ3) is 3.81. The van der Waals surface area contributed by atoms with Crippen LogP contribution in [0.1, 0.15) is 5.69 Å². The fourth-order valence-corrected chi connectivity index (χ4v) is 1.58. The maximum Gasteiger partial charge on any atom is 0.573 e. The van der Waals surface area contributed by atoms with Crippen LogP contribution in [0.25, 0.3) is 0 Å². The molecule has 0 N–H and O–H groups in total. The van der Waals surface area contributed by atoms with Gasteiger partial charge in [0, 0.05) is 0 Å². The third-order valence-electron chi connectivity index (χ3n) is 2.58. The molecule has 2 aromatic rings. The molecule has 0 aliphatic heterocycles. The second kappa shape index (κ2) is 5.84. The summed E-state index contributed by atoms with van der Waals surface area (Å²) in [5.41, 5.74) is 0.737. The van der Waals surface area contributed by atoms with Crippen LogP contribution in [-0.2, 0) is 7.05 Å². The van der Waals surface area contributed by atoms with Crippen LogP contribution in [-0.4, -0.2) is 27.1 Å². The summed E-state index contributed by atoms with van der Waals surface area (Å²) >= 11 is 0. The first-order valence-corrected chi connectivity index (χ1v) is 5.82. The smallest absolute Gasteiger partial charge is 0.406 e. The Morgan fingerprint density at radius 3 is 2.50 bits per heavy atom. The molecular weight excluding hydrogens is 305 g/mol. The number of aliphatic imine (C=N–C) groups is 1. The highest BCUT2D eigenvalue weighted by atomic mass is 19.4. The second-order valence-corrected chi connectivity index (χ2v) is 4.10. The van der Waals surface area contributed by atoms with Crippen LogP contribution < -0.4 is 4.74 Å². The van der Waals surface area contributed by atoms with Gasteiger partial charge in [0.2, 0.25) is 0 Å². The predicted molar refractivity (Wildman–Crippen MR) is 70.2 cm³/mol. The van der Waals surface area contributed by atoms with Gasteiger partial charge in [-0.15, -0.1) is 13.2 Å². The van der Waals surface area contributed by atoms with E-state index in [1.54, 1.807) is 0 Å². The highest BCUT2D eigenvalue weighted by Crippen LogP contribution is 2.24. The first-order valence-electron chi connectivity index (χ1n) is 5.82. The molecule has 0 bridgehead atoms. The Labute approximate surface area is 121 Å². The Hall–Kier alpha value is -2.91. The summed E-state index contributed by atoms with van der Waals surface area (Å²) in [4.78, 5) is 17.6. The highest BCUT2D eigenvalue weighted by molar-refractivity contribution is 5.80. The normalized spacial score (nSPS) is 11.8. The monoisotopic (exact) mass is 314 g/mol. The lowest BCUT2D eigenvalue weighted by Crippen LogP contribution is -2.16. The van der Waals surface area contributed by atoms with E-state index in [1.165, 1.54) is 36.2 Å². The number of ether oxygens (including phenoxy) is 1. The lowest BCUT2D eigenvalue weighted by atomic mass is 10.3. The zero-order valence-electron chi connectivity index (χ0n) is 11.1. The van der Waals surface area contributed by atoms with Crippen molar-refractivity contribution in [2.75, 3.05) is 0 Å². The van der Waals surface area contributed by atoms with Gasteiger partial charge in [0.15, 0.2) is 5.69 Å². The minimum absolute atomic E-state index is 0.338. The van der Waals surface area contributed by atoms with Crippen molar-refractivity contribution >= 4 is 17.9 Å². The van der Waals surface area contributed by atoms with Gasteiger partial charge in [-0.25, -0.2) is 4.57 Å². The van der Waals surface area contributed by atoms with Gasteiger partial charge in [0.25, 0.3) is 0 Å². The van der Waals surface area contributed by atoms with Crippen LogP contribution in [0, 0.1) is 10.1 Å². The lowest BCUT2D eigenvalue weighted by molar-refractivity contribution is -0.396. The molecular formula is C12H9F3N4O3. The van der Waals surface area contributed by atoms with E-state index >= 15 is 0 Å². The van der Waals surface area contributed by atoms with Crippen LogP contribution in [0.2, 0.25) is 0 Å². The van der Waals surface area contributed by atoms with E-state index in [0.717, 1.165) is 12.1 Å². The molecule has 0 unspecified atom stereocenters. The van der Waals surface area contributed by atoms with E-state index in [9.17, 15) is 23.3 Å². The molecule has 22 heavy (non-hydrogen) atoms. The molecule has 0 atom stereocenters. The Morgan fingerprint density at radius 1 is 1.36 bits per heavy atom. The average molecular weight is 314 g/mol. The van der Waals surface area contributed by atoms with Crippen LogP contribution in [0.5, 0.6) is 5.75 Å². The standard InChI is InChI=1S/C12H9F3N4O3/c1-18-9(7-17-11(18)19(20)21)6-16-8-2-4-10(5-3-8)22-12(13,14)15/h2-7H,1H3. The lowest BCUT2D eigenvalue weighted by Gasteiger charge is -2.08. The summed E-state index contributed by atoms with van der Waals surface area (Å²) in [5.74, 6) is -0.696. The highest BCUT2D eigenvalue weighted by Gasteiger charge is 2.30. The summed E-state index contributed by atoms with van der Waals surface area (Å²) in [7, 11) is 1.45. The molecule has 0 spiro atoms. The molecule has 116 valence electrons. The van der Waals surface area contributed by atoms with E-state index in [0.29, 0.717) is 11.4 Å². The first kappa shape index (κ1) is 15.5. The first-order chi connectivity index (χ1) is 10.3. The van der Waals surface area contributed by atoms with Crippen LogP contribution in [0.4, 0.5) is 24.8 Å². The van der Waals surface area contributed by atoms with Gasteiger partial charge >= 0.3 is 12.3 Å². The van der Waals surface area contributed by atoms with E-state index in [-0.39, 0.29) is 11.7 Å². The van der Waals surface area contributed by atoms with Gasteiger partial charge < -0.3 is 14.9 Å². The van der Waals surface area contributed by atoms with Crippen LogP contribution in [0.15, 0.2) is 35.5 Å². The molecule has 1 aromatic carbocycles. The van der Waals surface area contributed by atoms with Gasteiger partial charge in [0.05, 0.1) is 18.9 Å². The third-order valence-corrected chi connectivity index (χ3v) is 2.58. The van der Waals surface area contributed by atoms with Crippen molar-refractivity contribution in [2.24, 2.45) is 12.0 Å². The van der Waals surface area contributed by atoms with Crippen molar-refractivity contribution in [1.29, 1.82) is 0 Å². The van der Waals surface area contributed by atoms with Crippen molar-refractivity contribution in [1.82, 2.24) is 9.55 Å². The van der Waals surface area contributed by atoms with Gasteiger partial charge in [-0.1, -0.05) is 4.98 Å². The van der Waals surface area contributed by atoms with Crippen molar-refractivity contribution in [3.63, 3.8) is 0 Å². The molecule has 1 aromatic heterocycles. The molecule has 1 heterocycles. The molecule has 0 saturated carbocycles. The number of imidazole rings is 1. The molecule has 0 aliphatic rings. The fraction of sp³-hybridized carbons (Fsp3) is 0.167. The van der Waals surface area contributed by atoms with Crippen molar-refractivity contribution in [3.8, 4) is 5.75 Å². The Balaban J connectivity index is 2.12. The number of nitrogens with zero attached hydrogens (tertiary/aromatic N) is 4. The second-order valence-electron chi connectivity index (χ2n) is 4.10. The number of halogens is 3. The Kier molecular flexibility index (Phi) is 4.11. The van der Waals surface area contributed by atoms with Gasteiger partial charge in [-0.2, -0.15) is 0 Å². The molecule has 2 rings (SSSR count). The van der Waals surface area contributed by atoms with Gasteiger partial charge in [-0.05, 0) is 29.2 Å². The number of nitro groups is 1. The van der Waals surface area contributed by atoms with E-state index < -0.39 is 11.3 Å². The molecule has 0 saturated heterocycles. The Bertz CT molecular complexity index is 707. The zero-order chi connectivity index (χ0) is 16.3. The van der Waals surface area contributed by atoms with Gasteiger partial charge in [0.1, 0.15) is 11.9 Å². The Morgan fingerprint density at radius 2 is 2.00 bits per heavy atom. The summed E-state index contributed by atoms with van der Waals surface area (Å²) in [6.45, 7) is 0. The van der Waals surface area contributed by atoms with Crippen LogP contribution in [0.3, 0.4) is 0 Å². The molecule has 0 aliphatic carbocycles. The number of rotatable bonds is 4. The SMILES string of the molecule is Cn1c(C=Nc2ccc(OC(F)(F)F)cc2)cnc1[N+](=O)[O-]. The summed E-state index contributed by atoms with van der Waals surface area (Å²) in [6.07, 6.45) is -2.17. The fourth-order valence-electron chi connectivity index (χ4n) is 1.58. The number of alkyl halides is 3. The number of aromatic nitrogens is 2. The largest absolute Gasteiger partial charge is 0.573 e. The topological polar surface area (TPSA) is 82.5 Å².